The largest absolute Gasteiger partial charge is 0.506 e. The standard InChI is InChI=1S/C16H17F3N2O2/c1-7-3-9(5-11(20)14(7)22)13(16(17,18)19)10-4-8(2)15(23)12(21)6-10/h3-6,13,22-23H,20-21H2,1-2H3. The molecule has 0 aliphatic carbocycles. The molecule has 2 aromatic carbocycles. The summed E-state index contributed by atoms with van der Waals surface area (Å²) in [7, 11) is 0. The Morgan fingerprint density at radius 3 is 1.43 bits per heavy atom. The van der Waals surface area contributed by atoms with Crippen molar-refractivity contribution in [2.24, 2.45) is 0 Å². The molecule has 0 aromatic heterocycles. The number of benzene rings is 2. The molecule has 2 rings (SSSR count). The second-order valence-corrected chi connectivity index (χ2v) is 5.53. The Morgan fingerprint density at radius 2 is 1.17 bits per heavy atom. The number of alkyl halides is 3. The van der Waals surface area contributed by atoms with Gasteiger partial charge in [-0.05, 0) is 48.2 Å². The summed E-state index contributed by atoms with van der Waals surface area (Å²) in [6.45, 7) is 2.94. The van der Waals surface area contributed by atoms with Gasteiger partial charge in [0.05, 0.1) is 11.4 Å². The van der Waals surface area contributed by atoms with E-state index in [2.05, 4.69) is 0 Å². The van der Waals surface area contributed by atoms with E-state index in [1.165, 1.54) is 26.0 Å². The molecule has 0 amide bonds. The van der Waals surface area contributed by atoms with Crippen LogP contribution in [0.1, 0.15) is 28.2 Å². The lowest BCUT2D eigenvalue weighted by Crippen LogP contribution is -2.22. The first kappa shape index (κ1) is 16.8. The molecule has 0 bridgehead atoms. The van der Waals surface area contributed by atoms with Crippen LogP contribution in [0, 0.1) is 13.8 Å². The third-order valence-corrected chi connectivity index (χ3v) is 3.70. The molecular weight excluding hydrogens is 309 g/mol. The van der Waals surface area contributed by atoms with E-state index in [9.17, 15) is 23.4 Å². The molecule has 0 spiro atoms. The summed E-state index contributed by atoms with van der Waals surface area (Å²) < 4.78 is 40.8. The Hall–Kier alpha value is -2.57. The van der Waals surface area contributed by atoms with Crippen molar-refractivity contribution in [3.05, 3.63) is 46.5 Å². The van der Waals surface area contributed by atoms with E-state index in [0.29, 0.717) is 0 Å². The number of hydrogen-bond acceptors (Lipinski definition) is 4. The highest BCUT2D eigenvalue weighted by atomic mass is 19.4. The van der Waals surface area contributed by atoms with Gasteiger partial charge in [0.1, 0.15) is 17.4 Å². The van der Waals surface area contributed by atoms with Crippen LogP contribution < -0.4 is 11.5 Å². The molecule has 0 heterocycles. The van der Waals surface area contributed by atoms with E-state index in [-0.39, 0.29) is 45.1 Å². The Labute approximate surface area is 131 Å². The predicted molar refractivity (Wildman–Crippen MR) is 82.4 cm³/mol. The molecule has 0 saturated carbocycles. The third kappa shape index (κ3) is 3.13. The zero-order valence-electron chi connectivity index (χ0n) is 12.6. The van der Waals surface area contributed by atoms with Gasteiger partial charge in [-0.25, -0.2) is 0 Å². The van der Waals surface area contributed by atoms with Crippen LogP contribution in [0.4, 0.5) is 24.5 Å². The maximum atomic E-state index is 13.6. The van der Waals surface area contributed by atoms with E-state index in [0.717, 1.165) is 12.1 Å². The summed E-state index contributed by atoms with van der Waals surface area (Å²) >= 11 is 0. The Balaban J connectivity index is 2.69. The first-order valence-electron chi connectivity index (χ1n) is 6.77. The number of rotatable bonds is 2. The first-order valence-corrected chi connectivity index (χ1v) is 6.77. The van der Waals surface area contributed by atoms with Crippen LogP contribution >= 0.6 is 0 Å². The molecule has 6 N–H and O–H groups in total. The number of nitrogens with two attached hydrogens (primary N) is 2. The molecule has 0 unspecified atom stereocenters. The third-order valence-electron chi connectivity index (χ3n) is 3.70. The van der Waals surface area contributed by atoms with Crippen molar-refractivity contribution in [3.63, 3.8) is 0 Å². The minimum atomic E-state index is -4.59. The zero-order valence-corrected chi connectivity index (χ0v) is 12.6. The van der Waals surface area contributed by atoms with Gasteiger partial charge in [-0.15, -0.1) is 0 Å². The molecule has 0 fully saturated rings. The number of aromatic hydroxyl groups is 2. The van der Waals surface area contributed by atoms with E-state index in [1.807, 2.05) is 0 Å². The van der Waals surface area contributed by atoms with Crippen LogP contribution in [0.2, 0.25) is 0 Å². The van der Waals surface area contributed by atoms with Crippen molar-refractivity contribution in [2.45, 2.75) is 25.9 Å². The van der Waals surface area contributed by atoms with Crippen molar-refractivity contribution in [2.75, 3.05) is 11.5 Å². The minimum absolute atomic E-state index is 0.102. The summed E-state index contributed by atoms with van der Waals surface area (Å²) in [4.78, 5) is 0. The van der Waals surface area contributed by atoms with E-state index in [1.54, 1.807) is 0 Å². The van der Waals surface area contributed by atoms with Gasteiger partial charge < -0.3 is 21.7 Å². The Bertz CT molecular complexity index is 654. The number of phenolic OH excluding ortho intramolecular Hbond substituents is 2. The molecule has 0 saturated heterocycles. The quantitative estimate of drug-likeness (QED) is 0.501. The van der Waals surface area contributed by atoms with Crippen molar-refractivity contribution in [1.82, 2.24) is 0 Å². The fourth-order valence-corrected chi connectivity index (χ4v) is 2.57. The maximum absolute atomic E-state index is 13.6. The second-order valence-electron chi connectivity index (χ2n) is 5.53. The lowest BCUT2D eigenvalue weighted by Gasteiger charge is -2.23. The number of phenols is 2. The molecule has 0 aliphatic rings. The lowest BCUT2D eigenvalue weighted by atomic mass is 9.88. The van der Waals surface area contributed by atoms with Crippen molar-refractivity contribution in [1.29, 1.82) is 0 Å². The molecule has 0 atom stereocenters. The highest BCUT2D eigenvalue weighted by Crippen LogP contribution is 2.44. The van der Waals surface area contributed by atoms with Crippen LogP contribution in [0.3, 0.4) is 0 Å². The zero-order chi connectivity index (χ0) is 17.5. The fourth-order valence-electron chi connectivity index (χ4n) is 2.57. The molecular formula is C16H17F3N2O2. The van der Waals surface area contributed by atoms with E-state index >= 15 is 0 Å². The lowest BCUT2D eigenvalue weighted by molar-refractivity contribution is -0.141. The SMILES string of the molecule is Cc1cc(C(c2cc(C)c(O)c(N)c2)C(F)(F)F)cc(N)c1O. The molecule has 124 valence electrons. The van der Waals surface area contributed by atoms with Gasteiger partial charge in [-0.3, -0.25) is 0 Å². The van der Waals surface area contributed by atoms with Gasteiger partial charge in [-0.2, -0.15) is 13.2 Å². The Kier molecular flexibility index (Phi) is 4.07. The molecule has 2 aromatic rings. The van der Waals surface area contributed by atoms with Gasteiger partial charge in [0, 0.05) is 0 Å². The number of aryl methyl sites for hydroxylation is 2. The monoisotopic (exact) mass is 326 g/mol. The van der Waals surface area contributed by atoms with Gasteiger partial charge in [-0.1, -0.05) is 12.1 Å². The molecule has 23 heavy (non-hydrogen) atoms. The minimum Gasteiger partial charge on any atom is -0.506 e. The predicted octanol–water partition coefficient (Wildman–Crippen LogP) is 3.57. The van der Waals surface area contributed by atoms with Gasteiger partial charge in [0.15, 0.2) is 0 Å². The maximum Gasteiger partial charge on any atom is 0.399 e. The summed E-state index contributed by atoms with van der Waals surface area (Å²) in [5, 5.41) is 19.3. The fraction of sp³-hybridized carbons (Fsp3) is 0.250. The highest BCUT2D eigenvalue weighted by molar-refractivity contribution is 5.62. The highest BCUT2D eigenvalue weighted by Gasteiger charge is 2.42. The first-order chi connectivity index (χ1) is 10.5. The smallest absolute Gasteiger partial charge is 0.399 e. The van der Waals surface area contributed by atoms with E-state index in [4.69, 9.17) is 11.5 Å². The van der Waals surface area contributed by atoms with Crippen LogP contribution in [-0.4, -0.2) is 16.4 Å². The second kappa shape index (κ2) is 5.57. The normalized spacial score (nSPS) is 11.9. The van der Waals surface area contributed by atoms with E-state index < -0.39 is 12.1 Å². The number of halogens is 3. The van der Waals surface area contributed by atoms with Crippen LogP contribution in [0.15, 0.2) is 24.3 Å². The molecule has 7 heteroatoms. The summed E-state index contributed by atoms with van der Waals surface area (Å²) in [6.07, 6.45) is -4.59. The van der Waals surface area contributed by atoms with Crippen molar-refractivity contribution < 1.29 is 23.4 Å². The average molecular weight is 326 g/mol. The topological polar surface area (TPSA) is 92.5 Å². The van der Waals surface area contributed by atoms with Crippen LogP contribution in [0.5, 0.6) is 11.5 Å². The number of anilines is 2. The summed E-state index contributed by atoms with van der Waals surface area (Å²) in [5.41, 5.74) is 11.2. The van der Waals surface area contributed by atoms with Crippen LogP contribution in [0.25, 0.3) is 0 Å². The van der Waals surface area contributed by atoms with Gasteiger partial charge in [0.2, 0.25) is 0 Å². The number of nitrogen functional groups attached to an aromatic ring is 2. The number of hydrogen-bond donors (Lipinski definition) is 4. The average Bonchev–Trinajstić information content (AvgIpc) is 2.40. The summed E-state index contributed by atoms with van der Waals surface area (Å²) in [6, 6.07) is 4.67. The van der Waals surface area contributed by atoms with Gasteiger partial charge >= 0.3 is 6.18 Å². The van der Waals surface area contributed by atoms with Crippen molar-refractivity contribution in [3.8, 4) is 11.5 Å². The molecule has 0 aliphatic heterocycles. The summed E-state index contributed by atoms with van der Waals surface area (Å²) in [5.74, 6) is -2.45. The van der Waals surface area contributed by atoms with Gasteiger partial charge in [0.25, 0.3) is 0 Å². The van der Waals surface area contributed by atoms with Crippen LogP contribution in [-0.2, 0) is 0 Å². The molecule has 0 radical (unpaired) electrons. The van der Waals surface area contributed by atoms with Crippen molar-refractivity contribution >= 4 is 11.4 Å². The molecule has 4 nitrogen and oxygen atoms in total. The Morgan fingerprint density at radius 1 is 0.826 bits per heavy atom.